The summed E-state index contributed by atoms with van der Waals surface area (Å²) in [5.41, 5.74) is 0.303. The number of nitrogens with one attached hydrogen (secondary N) is 2. The predicted octanol–water partition coefficient (Wildman–Crippen LogP) is 3.69. The predicted molar refractivity (Wildman–Crippen MR) is 127 cm³/mol. The molecule has 0 saturated carbocycles. The van der Waals surface area contributed by atoms with Gasteiger partial charge in [-0.05, 0) is 56.1 Å². The van der Waals surface area contributed by atoms with Gasteiger partial charge in [-0.2, -0.15) is 13.2 Å². The fraction of sp³-hybridized carbons (Fsp3) is 0.500. The van der Waals surface area contributed by atoms with E-state index < -0.39 is 39.5 Å². The minimum absolute atomic E-state index is 0.0175. The molecule has 36 heavy (non-hydrogen) atoms. The Morgan fingerprint density at radius 3 is 2.36 bits per heavy atom. The standard InChI is InChI=1S/C24H30F4N4O3S/c1-16(17-6-7-18(20(25)12-17)14-30-36(2,34)35)23(33)29-13-19-8-9-22(24(26,27)28)31-21(19)15-32-10-4-3-5-11-32/h6-9,12,16,30H,3-5,10-11,13-15H2,1-2H3,(H,29,33). The number of piperidine rings is 1. The zero-order valence-electron chi connectivity index (χ0n) is 20.2. The molecule has 2 heterocycles. The number of rotatable bonds is 9. The van der Waals surface area contributed by atoms with Crippen LogP contribution in [0.3, 0.4) is 0 Å². The van der Waals surface area contributed by atoms with E-state index in [2.05, 4.69) is 19.9 Å². The third-order valence-corrected chi connectivity index (χ3v) is 6.80. The SMILES string of the molecule is CC(C(=O)NCc1ccc(C(F)(F)F)nc1CN1CCCCC1)c1ccc(CNS(C)(=O)=O)c(F)c1. The third kappa shape index (κ3) is 7.97. The van der Waals surface area contributed by atoms with Gasteiger partial charge in [0.2, 0.25) is 15.9 Å². The minimum atomic E-state index is -4.57. The van der Waals surface area contributed by atoms with E-state index in [0.29, 0.717) is 11.1 Å². The van der Waals surface area contributed by atoms with Crippen molar-refractivity contribution >= 4 is 15.9 Å². The van der Waals surface area contributed by atoms with Crippen LogP contribution in [0.15, 0.2) is 30.3 Å². The van der Waals surface area contributed by atoms with Crippen LogP contribution in [-0.4, -0.2) is 43.6 Å². The Labute approximate surface area is 208 Å². The van der Waals surface area contributed by atoms with Gasteiger partial charge >= 0.3 is 6.18 Å². The van der Waals surface area contributed by atoms with Gasteiger partial charge in [-0.3, -0.25) is 9.69 Å². The van der Waals surface area contributed by atoms with Crippen LogP contribution in [0.4, 0.5) is 17.6 Å². The van der Waals surface area contributed by atoms with Crippen LogP contribution in [0.2, 0.25) is 0 Å². The van der Waals surface area contributed by atoms with Gasteiger partial charge in [-0.25, -0.2) is 22.5 Å². The number of halogens is 4. The van der Waals surface area contributed by atoms with Crippen LogP contribution < -0.4 is 10.0 Å². The molecule has 0 radical (unpaired) electrons. The molecule has 12 heteroatoms. The first kappa shape index (κ1) is 28.0. The maximum absolute atomic E-state index is 14.4. The fourth-order valence-electron chi connectivity index (χ4n) is 3.99. The lowest BCUT2D eigenvalue weighted by atomic mass is 9.98. The second-order valence-electron chi connectivity index (χ2n) is 9.02. The van der Waals surface area contributed by atoms with E-state index in [1.165, 1.54) is 24.3 Å². The van der Waals surface area contributed by atoms with Crippen molar-refractivity contribution in [2.24, 2.45) is 0 Å². The van der Waals surface area contributed by atoms with Crippen molar-refractivity contribution < 1.29 is 30.8 Å². The first-order chi connectivity index (χ1) is 16.8. The van der Waals surface area contributed by atoms with Crippen LogP contribution in [0.1, 0.15) is 60.2 Å². The van der Waals surface area contributed by atoms with Crippen LogP contribution >= 0.6 is 0 Å². The van der Waals surface area contributed by atoms with Crippen LogP contribution in [0, 0.1) is 5.82 Å². The monoisotopic (exact) mass is 530 g/mol. The van der Waals surface area contributed by atoms with Crippen molar-refractivity contribution in [1.82, 2.24) is 19.9 Å². The molecule has 1 aromatic carbocycles. The Hall–Kier alpha value is -2.57. The lowest BCUT2D eigenvalue weighted by Gasteiger charge is -2.27. The minimum Gasteiger partial charge on any atom is -0.351 e. The number of aromatic nitrogens is 1. The number of pyridine rings is 1. The summed E-state index contributed by atoms with van der Waals surface area (Å²) in [7, 11) is -3.49. The van der Waals surface area contributed by atoms with E-state index in [0.717, 1.165) is 44.7 Å². The molecule has 1 aliphatic heterocycles. The van der Waals surface area contributed by atoms with E-state index in [1.54, 1.807) is 6.92 Å². The molecule has 1 unspecified atom stereocenters. The lowest BCUT2D eigenvalue weighted by molar-refractivity contribution is -0.141. The summed E-state index contributed by atoms with van der Waals surface area (Å²) in [6.07, 6.45) is -0.566. The Kier molecular flexibility index (Phi) is 9.07. The highest BCUT2D eigenvalue weighted by molar-refractivity contribution is 7.88. The van der Waals surface area contributed by atoms with Crippen molar-refractivity contribution in [1.29, 1.82) is 0 Å². The summed E-state index contributed by atoms with van der Waals surface area (Å²) in [5.74, 6) is -1.83. The van der Waals surface area contributed by atoms with E-state index in [4.69, 9.17) is 0 Å². The molecule has 1 aliphatic rings. The Balaban J connectivity index is 1.70. The summed E-state index contributed by atoms with van der Waals surface area (Å²) in [6.45, 7) is 3.17. The highest BCUT2D eigenvalue weighted by Crippen LogP contribution is 2.29. The van der Waals surface area contributed by atoms with Gasteiger partial charge in [0.05, 0.1) is 17.9 Å². The molecule has 0 aliphatic carbocycles. The molecule has 1 saturated heterocycles. The van der Waals surface area contributed by atoms with Gasteiger partial charge in [-0.1, -0.05) is 24.6 Å². The van der Waals surface area contributed by atoms with Crippen LogP contribution in [0.25, 0.3) is 0 Å². The number of carbonyl (C=O) groups is 1. The van der Waals surface area contributed by atoms with Gasteiger partial charge < -0.3 is 5.32 Å². The van der Waals surface area contributed by atoms with Crippen LogP contribution in [-0.2, 0) is 40.6 Å². The maximum atomic E-state index is 14.4. The van der Waals surface area contributed by atoms with Crippen molar-refractivity contribution in [2.45, 2.75) is 57.9 Å². The second-order valence-corrected chi connectivity index (χ2v) is 10.9. The highest BCUT2D eigenvalue weighted by atomic mass is 32.2. The number of nitrogens with zero attached hydrogens (tertiary/aromatic N) is 2. The highest BCUT2D eigenvalue weighted by Gasteiger charge is 2.33. The smallest absolute Gasteiger partial charge is 0.351 e. The largest absolute Gasteiger partial charge is 0.433 e. The lowest BCUT2D eigenvalue weighted by Crippen LogP contribution is -2.32. The quantitative estimate of drug-likeness (QED) is 0.483. The van der Waals surface area contributed by atoms with E-state index >= 15 is 0 Å². The number of hydrogen-bond acceptors (Lipinski definition) is 5. The van der Waals surface area contributed by atoms with Crippen LogP contribution in [0.5, 0.6) is 0 Å². The molecule has 1 fully saturated rings. The Morgan fingerprint density at radius 2 is 1.75 bits per heavy atom. The number of amides is 1. The van der Waals surface area contributed by atoms with Gasteiger partial charge in [0, 0.05) is 25.2 Å². The van der Waals surface area contributed by atoms with Crippen molar-refractivity contribution in [3.8, 4) is 0 Å². The molecule has 1 aromatic heterocycles. The first-order valence-electron chi connectivity index (χ1n) is 11.6. The van der Waals surface area contributed by atoms with Crippen molar-refractivity contribution in [3.63, 3.8) is 0 Å². The maximum Gasteiger partial charge on any atom is 0.433 e. The number of benzene rings is 1. The first-order valence-corrected chi connectivity index (χ1v) is 13.5. The summed E-state index contributed by atoms with van der Waals surface area (Å²) >= 11 is 0. The number of likely N-dealkylation sites (tertiary alicyclic amines) is 1. The Bertz CT molecular complexity index is 1180. The van der Waals surface area contributed by atoms with Gasteiger partial charge in [0.25, 0.3) is 0 Å². The molecule has 1 amide bonds. The molecular formula is C24H30F4N4O3S. The number of hydrogen-bond donors (Lipinski definition) is 2. The molecule has 0 bridgehead atoms. The summed E-state index contributed by atoms with van der Waals surface area (Å²) in [6, 6.07) is 6.36. The number of sulfonamides is 1. The van der Waals surface area contributed by atoms with E-state index in [1.807, 2.05) is 0 Å². The van der Waals surface area contributed by atoms with Gasteiger partial charge in [0.1, 0.15) is 11.5 Å². The summed E-state index contributed by atoms with van der Waals surface area (Å²) in [5, 5.41) is 2.72. The fourth-order valence-corrected chi connectivity index (χ4v) is 4.40. The second kappa shape index (κ2) is 11.7. The number of carbonyl (C=O) groups excluding carboxylic acids is 1. The molecule has 2 N–H and O–H groups in total. The Morgan fingerprint density at radius 1 is 1.08 bits per heavy atom. The van der Waals surface area contributed by atoms with E-state index in [-0.39, 0.29) is 30.9 Å². The normalized spacial score (nSPS) is 16.1. The molecular weight excluding hydrogens is 500 g/mol. The molecule has 1 atom stereocenters. The zero-order valence-corrected chi connectivity index (χ0v) is 21.0. The molecule has 0 spiro atoms. The number of alkyl halides is 3. The molecule has 2 aromatic rings. The zero-order chi connectivity index (χ0) is 26.5. The third-order valence-electron chi connectivity index (χ3n) is 6.13. The molecule has 7 nitrogen and oxygen atoms in total. The van der Waals surface area contributed by atoms with E-state index in [9.17, 15) is 30.8 Å². The summed E-state index contributed by atoms with van der Waals surface area (Å²) in [4.78, 5) is 18.7. The van der Waals surface area contributed by atoms with Crippen molar-refractivity contribution in [3.05, 3.63) is 64.2 Å². The molecule has 198 valence electrons. The molecule has 3 rings (SSSR count). The van der Waals surface area contributed by atoms with Crippen molar-refractivity contribution in [2.75, 3.05) is 19.3 Å². The topological polar surface area (TPSA) is 91.4 Å². The summed E-state index contributed by atoms with van der Waals surface area (Å²) < 4.78 is 78.8. The van der Waals surface area contributed by atoms with Gasteiger partial charge in [0.15, 0.2) is 0 Å². The average Bonchev–Trinajstić information content (AvgIpc) is 2.81. The van der Waals surface area contributed by atoms with Gasteiger partial charge in [-0.15, -0.1) is 0 Å². The average molecular weight is 531 g/mol.